The summed E-state index contributed by atoms with van der Waals surface area (Å²) in [5.41, 5.74) is 0. The number of benzene rings is 1. The molecular formula is C12H13BrN2O3. The van der Waals surface area contributed by atoms with Gasteiger partial charge >= 0.3 is 6.03 Å². The van der Waals surface area contributed by atoms with Gasteiger partial charge in [-0.1, -0.05) is 15.9 Å². The van der Waals surface area contributed by atoms with Crippen molar-refractivity contribution in [1.82, 2.24) is 10.6 Å². The van der Waals surface area contributed by atoms with Crippen LogP contribution in [0.4, 0.5) is 4.79 Å². The van der Waals surface area contributed by atoms with E-state index in [0.717, 1.165) is 17.3 Å². The SMILES string of the molecule is O=C(COc1ccc(Br)cc1)NC(=O)NC1CC1. The van der Waals surface area contributed by atoms with Crippen LogP contribution in [0.5, 0.6) is 5.75 Å². The predicted octanol–water partition coefficient (Wildman–Crippen LogP) is 1.82. The molecule has 0 atom stereocenters. The molecule has 2 rings (SSSR count). The van der Waals surface area contributed by atoms with Gasteiger partial charge in [-0.25, -0.2) is 4.79 Å². The Balaban J connectivity index is 1.70. The second kappa shape index (κ2) is 5.86. The topological polar surface area (TPSA) is 67.4 Å². The zero-order chi connectivity index (χ0) is 13.0. The molecule has 0 heterocycles. The van der Waals surface area contributed by atoms with Crippen LogP contribution >= 0.6 is 15.9 Å². The van der Waals surface area contributed by atoms with Crippen molar-refractivity contribution in [1.29, 1.82) is 0 Å². The van der Waals surface area contributed by atoms with Crippen molar-refractivity contribution in [3.63, 3.8) is 0 Å². The zero-order valence-electron chi connectivity index (χ0n) is 9.61. The average Bonchev–Trinajstić information content (AvgIpc) is 3.12. The van der Waals surface area contributed by atoms with Gasteiger partial charge < -0.3 is 10.1 Å². The monoisotopic (exact) mass is 312 g/mol. The molecule has 1 aromatic rings. The van der Waals surface area contributed by atoms with Gasteiger partial charge in [-0.2, -0.15) is 0 Å². The van der Waals surface area contributed by atoms with Crippen molar-refractivity contribution in [3.05, 3.63) is 28.7 Å². The van der Waals surface area contributed by atoms with Crippen molar-refractivity contribution < 1.29 is 14.3 Å². The van der Waals surface area contributed by atoms with Gasteiger partial charge in [-0.15, -0.1) is 0 Å². The Hall–Kier alpha value is -1.56. The maximum atomic E-state index is 11.4. The molecule has 0 saturated heterocycles. The normalized spacial score (nSPS) is 13.8. The quantitative estimate of drug-likeness (QED) is 0.891. The highest BCUT2D eigenvalue weighted by Crippen LogP contribution is 2.18. The minimum Gasteiger partial charge on any atom is -0.484 e. The van der Waals surface area contributed by atoms with Gasteiger partial charge in [0, 0.05) is 10.5 Å². The Morgan fingerprint density at radius 2 is 1.94 bits per heavy atom. The van der Waals surface area contributed by atoms with Crippen molar-refractivity contribution in [2.24, 2.45) is 0 Å². The molecule has 0 spiro atoms. The van der Waals surface area contributed by atoms with Gasteiger partial charge in [0.2, 0.25) is 0 Å². The van der Waals surface area contributed by atoms with Crippen LogP contribution < -0.4 is 15.4 Å². The summed E-state index contributed by atoms with van der Waals surface area (Å²) in [5, 5.41) is 4.87. The molecule has 0 bridgehead atoms. The fourth-order valence-corrected chi connectivity index (χ4v) is 1.56. The first-order chi connectivity index (χ1) is 8.63. The molecular weight excluding hydrogens is 300 g/mol. The first-order valence-corrected chi connectivity index (χ1v) is 6.41. The number of hydrogen-bond acceptors (Lipinski definition) is 3. The lowest BCUT2D eigenvalue weighted by Gasteiger charge is -2.07. The van der Waals surface area contributed by atoms with Crippen LogP contribution in [-0.4, -0.2) is 24.6 Å². The minimum absolute atomic E-state index is 0.181. The van der Waals surface area contributed by atoms with E-state index >= 15 is 0 Å². The fraction of sp³-hybridized carbons (Fsp3) is 0.333. The molecule has 1 aliphatic carbocycles. The first kappa shape index (κ1) is 12.9. The van der Waals surface area contributed by atoms with Crippen LogP contribution in [0.3, 0.4) is 0 Å². The van der Waals surface area contributed by atoms with E-state index in [9.17, 15) is 9.59 Å². The van der Waals surface area contributed by atoms with Crippen LogP contribution in [0, 0.1) is 0 Å². The molecule has 3 amide bonds. The van der Waals surface area contributed by atoms with Crippen molar-refractivity contribution in [2.75, 3.05) is 6.61 Å². The summed E-state index contributed by atoms with van der Waals surface area (Å²) >= 11 is 3.30. The number of amides is 3. The molecule has 1 saturated carbocycles. The highest BCUT2D eigenvalue weighted by atomic mass is 79.9. The second-order valence-corrected chi connectivity index (χ2v) is 4.95. The van der Waals surface area contributed by atoms with E-state index in [1.54, 1.807) is 12.1 Å². The van der Waals surface area contributed by atoms with Crippen molar-refractivity contribution in [3.8, 4) is 5.75 Å². The summed E-state index contributed by atoms with van der Waals surface area (Å²) in [6.07, 6.45) is 1.97. The van der Waals surface area contributed by atoms with Gasteiger partial charge in [0.05, 0.1) is 0 Å². The maximum absolute atomic E-state index is 11.4. The number of carbonyl (C=O) groups is 2. The number of halogens is 1. The highest BCUT2D eigenvalue weighted by molar-refractivity contribution is 9.10. The van der Waals surface area contributed by atoms with E-state index < -0.39 is 11.9 Å². The molecule has 2 N–H and O–H groups in total. The lowest BCUT2D eigenvalue weighted by Crippen LogP contribution is -2.42. The van der Waals surface area contributed by atoms with Gasteiger partial charge in [0.15, 0.2) is 6.61 Å². The standard InChI is InChI=1S/C12H13BrN2O3/c13-8-1-5-10(6-2-8)18-7-11(16)15-12(17)14-9-3-4-9/h1-2,5-6,9H,3-4,7H2,(H2,14,15,16,17). The fourth-order valence-electron chi connectivity index (χ4n) is 1.29. The van der Waals surface area contributed by atoms with E-state index in [2.05, 4.69) is 26.6 Å². The molecule has 0 aliphatic heterocycles. The molecule has 5 nitrogen and oxygen atoms in total. The summed E-state index contributed by atoms with van der Waals surface area (Å²) in [6.45, 7) is -0.181. The van der Waals surface area contributed by atoms with E-state index in [1.165, 1.54) is 0 Å². The average molecular weight is 313 g/mol. The van der Waals surface area contributed by atoms with Crippen molar-refractivity contribution in [2.45, 2.75) is 18.9 Å². The third-order valence-electron chi connectivity index (χ3n) is 2.35. The van der Waals surface area contributed by atoms with Crippen molar-refractivity contribution >= 4 is 27.9 Å². The molecule has 18 heavy (non-hydrogen) atoms. The van der Waals surface area contributed by atoms with Gasteiger partial charge in [0.25, 0.3) is 5.91 Å². The Kier molecular flexibility index (Phi) is 4.19. The molecule has 0 radical (unpaired) electrons. The van der Waals surface area contributed by atoms with Gasteiger partial charge in [-0.3, -0.25) is 10.1 Å². The molecule has 96 valence electrons. The van der Waals surface area contributed by atoms with E-state index in [4.69, 9.17) is 4.74 Å². The second-order valence-electron chi connectivity index (χ2n) is 4.04. The molecule has 6 heteroatoms. The summed E-state index contributed by atoms with van der Waals surface area (Å²) in [6, 6.07) is 6.87. The maximum Gasteiger partial charge on any atom is 0.321 e. The summed E-state index contributed by atoms with van der Waals surface area (Å²) in [7, 11) is 0. The third-order valence-corrected chi connectivity index (χ3v) is 2.88. The highest BCUT2D eigenvalue weighted by Gasteiger charge is 2.23. The number of imide groups is 1. The number of rotatable bonds is 4. The number of carbonyl (C=O) groups excluding carboxylic acids is 2. The summed E-state index contributed by atoms with van der Waals surface area (Å²) in [5.74, 6) is 0.118. The lowest BCUT2D eigenvalue weighted by atomic mass is 10.3. The van der Waals surface area contributed by atoms with Crippen LogP contribution in [0.1, 0.15) is 12.8 Å². The van der Waals surface area contributed by atoms with Gasteiger partial charge in [-0.05, 0) is 37.1 Å². The Labute approximate surface area is 113 Å². The van der Waals surface area contributed by atoms with Crippen LogP contribution in [0.25, 0.3) is 0 Å². The Morgan fingerprint density at radius 3 is 2.56 bits per heavy atom. The third kappa shape index (κ3) is 4.37. The lowest BCUT2D eigenvalue weighted by molar-refractivity contribution is -0.122. The summed E-state index contributed by atoms with van der Waals surface area (Å²) in [4.78, 5) is 22.6. The van der Waals surface area contributed by atoms with E-state index in [0.29, 0.717) is 5.75 Å². The predicted molar refractivity (Wildman–Crippen MR) is 69.3 cm³/mol. The molecule has 1 aromatic carbocycles. The summed E-state index contributed by atoms with van der Waals surface area (Å²) < 4.78 is 6.16. The minimum atomic E-state index is -0.462. The number of ether oxygens (including phenoxy) is 1. The number of hydrogen-bond donors (Lipinski definition) is 2. The largest absolute Gasteiger partial charge is 0.484 e. The van der Waals surface area contributed by atoms with Crippen LogP contribution in [0.2, 0.25) is 0 Å². The molecule has 0 aromatic heterocycles. The van der Waals surface area contributed by atoms with Crippen LogP contribution in [-0.2, 0) is 4.79 Å². The molecule has 1 aliphatic rings. The Morgan fingerprint density at radius 1 is 1.28 bits per heavy atom. The number of urea groups is 1. The smallest absolute Gasteiger partial charge is 0.321 e. The molecule has 1 fully saturated rings. The number of nitrogens with one attached hydrogen (secondary N) is 2. The van der Waals surface area contributed by atoms with Crippen LogP contribution in [0.15, 0.2) is 28.7 Å². The van der Waals surface area contributed by atoms with E-state index in [1.807, 2.05) is 12.1 Å². The molecule has 0 unspecified atom stereocenters. The van der Waals surface area contributed by atoms with Gasteiger partial charge in [0.1, 0.15) is 5.75 Å². The zero-order valence-corrected chi connectivity index (χ0v) is 11.2. The Bertz CT molecular complexity index is 443. The van der Waals surface area contributed by atoms with E-state index in [-0.39, 0.29) is 12.6 Å². The first-order valence-electron chi connectivity index (χ1n) is 5.62.